The Balaban J connectivity index is 2.25. The summed E-state index contributed by atoms with van der Waals surface area (Å²) in [5.41, 5.74) is 2.46. The van der Waals surface area contributed by atoms with E-state index in [1.165, 1.54) is 17.5 Å². The van der Waals surface area contributed by atoms with Crippen LogP contribution in [0, 0.1) is 17.8 Å². The van der Waals surface area contributed by atoms with Gasteiger partial charge in [0.2, 0.25) is 0 Å². The van der Waals surface area contributed by atoms with Crippen LogP contribution >= 0.6 is 0 Å². The minimum atomic E-state index is -0.558. The van der Waals surface area contributed by atoms with Crippen molar-refractivity contribution in [3.8, 4) is 0 Å². The van der Waals surface area contributed by atoms with Crippen molar-refractivity contribution in [2.45, 2.75) is 65.9 Å². The lowest BCUT2D eigenvalue weighted by Gasteiger charge is -2.49. The Bertz CT molecular complexity index is 441. The van der Waals surface area contributed by atoms with Crippen LogP contribution in [0.3, 0.4) is 0 Å². The molecule has 1 fully saturated rings. The highest BCUT2D eigenvalue weighted by Gasteiger charge is 2.46. The minimum absolute atomic E-state index is 0.221. The van der Waals surface area contributed by atoms with Gasteiger partial charge in [-0.3, -0.25) is 0 Å². The van der Waals surface area contributed by atoms with Crippen molar-refractivity contribution in [1.29, 1.82) is 0 Å². The molecule has 1 aliphatic carbocycles. The van der Waals surface area contributed by atoms with E-state index in [2.05, 4.69) is 58.9 Å². The monoisotopic (exact) mass is 260 g/mol. The zero-order chi connectivity index (χ0) is 14.3. The third-order valence-electron chi connectivity index (χ3n) is 4.35. The lowest BCUT2D eigenvalue weighted by molar-refractivity contribution is -0.0851. The van der Waals surface area contributed by atoms with Crippen molar-refractivity contribution in [2.75, 3.05) is 0 Å². The van der Waals surface area contributed by atoms with E-state index >= 15 is 0 Å². The summed E-state index contributed by atoms with van der Waals surface area (Å²) in [5.74, 6) is 0. The quantitative estimate of drug-likeness (QED) is 0.829. The predicted octanol–water partition coefficient (Wildman–Crippen LogP) is 4.50. The highest BCUT2D eigenvalue weighted by molar-refractivity contribution is 5.27. The lowest BCUT2D eigenvalue weighted by Crippen LogP contribution is -2.47. The molecule has 0 saturated heterocycles. The number of benzene rings is 1. The van der Waals surface area contributed by atoms with E-state index in [4.69, 9.17) is 0 Å². The number of hydrogen-bond donors (Lipinski definition) is 1. The van der Waals surface area contributed by atoms with Crippen molar-refractivity contribution in [2.24, 2.45) is 10.8 Å². The Morgan fingerprint density at radius 3 is 2.00 bits per heavy atom. The van der Waals surface area contributed by atoms with Crippen LogP contribution in [0.5, 0.6) is 0 Å². The van der Waals surface area contributed by atoms with Crippen molar-refractivity contribution in [3.63, 3.8) is 0 Å². The molecule has 0 aromatic heterocycles. The van der Waals surface area contributed by atoms with Crippen LogP contribution in [0.4, 0.5) is 0 Å². The van der Waals surface area contributed by atoms with E-state index in [1.54, 1.807) is 0 Å². The maximum Gasteiger partial charge on any atom is 0.0698 e. The van der Waals surface area contributed by atoms with E-state index in [9.17, 15) is 5.11 Å². The number of hydrogen-bond acceptors (Lipinski definition) is 1. The molecule has 1 aliphatic rings. The van der Waals surface area contributed by atoms with Gasteiger partial charge in [-0.05, 0) is 48.1 Å². The Morgan fingerprint density at radius 2 is 1.47 bits per heavy atom. The zero-order valence-corrected chi connectivity index (χ0v) is 13.1. The molecule has 1 aromatic carbocycles. The van der Waals surface area contributed by atoms with Crippen LogP contribution < -0.4 is 0 Å². The topological polar surface area (TPSA) is 20.2 Å². The molecule has 1 nitrogen and oxygen atoms in total. The van der Waals surface area contributed by atoms with Crippen LogP contribution in [0.1, 0.15) is 58.1 Å². The van der Waals surface area contributed by atoms with Crippen LogP contribution in [0.2, 0.25) is 0 Å². The predicted molar refractivity (Wildman–Crippen MR) is 81.2 cm³/mol. The lowest BCUT2D eigenvalue weighted by atomic mass is 9.58. The van der Waals surface area contributed by atoms with Crippen LogP contribution in [0.15, 0.2) is 24.3 Å². The molecule has 0 radical (unpaired) electrons. The molecule has 2 rings (SSSR count). The molecule has 0 atom stereocenters. The van der Waals surface area contributed by atoms with Crippen LogP contribution in [-0.4, -0.2) is 10.7 Å². The van der Waals surface area contributed by atoms with Gasteiger partial charge in [-0.1, -0.05) is 52.0 Å². The van der Waals surface area contributed by atoms with Gasteiger partial charge >= 0.3 is 0 Å². The largest absolute Gasteiger partial charge is 0.390 e. The third kappa shape index (κ3) is 3.60. The highest BCUT2D eigenvalue weighted by Crippen LogP contribution is 2.51. The van der Waals surface area contributed by atoms with E-state index in [-0.39, 0.29) is 10.8 Å². The van der Waals surface area contributed by atoms with Crippen molar-refractivity contribution >= 4 is 0 Å². The van der Waals surface area contributed by atoms with Gasteiger partial charge in [-0.15, -0.1) is 0 Å². The number of aliphatic hydroxyl groups is 1. The van der Waals surface area contributed by atoms with Gasteiger partial charge in [0.05, 0.1) is 5.60 Å². The first kappa shape index (κ1) is 14.6. The fourth-order valence-corrected chi connectivity index (χ4v) is 4.55. The molecule has 0 spiro atoms. The molecular formula is C18H28O. The SMILES string of the molecule is Cc1ccccc1CC1(O)CC(C)(C)CC(C)(C)C1. The van der Waals surface area contributed by atoms with Crippen LogP contribution in [-0.2, 0) is 6.42 Å². The summed E-state index contributed by atoms with van der Waals surface area (Å²) in [4.78, 5) is 0. The average molecular weight is 260 g/mol. The zero-order valence-electron chi connectivity index (χ0n) is 13.1. The number of rotatable bonds is 2. The molecule has 0 bridgehead atoms. The van der Waals surface area contributed by atoms with Crippen LogP contribution in [0.25, 0.3) is 0 Å². The molecule has 1 aromatic rings. The van der Waals surface area contributed by atoms with Gasteiger partial charge in [-0.25, -0.2) is 0 Å². The maximum atomic E-state index is 11.1. The molecule has 1 saturated carbocycles. The van der Waals surface area contributed by atoms with E-state index in [0.717, 1.165) is 19.3 Å². The second kappa shape index (κ2) is 4.63. The fraction of sp³-hybridized carbons (Fsp3) is 0.667. The molecule has 0 unspecified atom stereocenters. The van der Waals surface area contributed by atoms with Gasteiger partial charge in [0.25, 0.3) is 0 Å². The van der Waals surface area contributed by atoms with Gasteiger partial charge < -0.3 is 5.11 Å². The van der Waals surface area contributed by atoms with Gasteiger partial charge in [0.1, 0.15) is 0 Å². The summed E-state index contributed by atoms with van der Waals surface area (Å²) >= 11 is 0. The molecule has 1 heteroatoms. The minimum Gasteiger partial charge on any atom is -0.390 e. The first-order valence-electron chi connectivity index (χ1n) is 7.38. The first-order valence-corrected chi connectivity index (χ1v) is 7.38. The molecule has 0 aliphatic heterocycles. The van der Waals surface area contributed by atoms with Crippen molar-refractivity contribution in [1.82, 2.24) is 0 Å². The van der Waals surface area contributed by atoms with E-state index in [1.807, 2.05) is 0 Å². The van der Waals surface area contributed by atoms with E-state index < -0.39 is 5.60 Å². The standard InChI is InChI=1S/C18H28O/c1-14-8-6-7-9-15(14)10-18(19)12-16(2,3)11-17(4,5)13-18/h6-9,19H,10-13H2,1-5H3. The smallest absolute Gasteiger partial charge is 0.0698 e. The summed E-state index contributed by atoms with van der Waals surface area (Å²) in [6.07, 6.45) is 3.78. The second-order valence-electron chi connectivity index (χ2n) is 8.19. The van der Waals surface area contributed by atoms with Crippen molar-refractivity contribution in [3.05, 3.63) is 35.4 Å². The summed E-state index contributed by atoms with van der Waals surface area (Å²) < 4.78 is 0. The number of aryl methyl sites for hydroxylation is 1. The maximum absolute atomic E-state index is 11.1. The third-order valence-corrected chi connectivity index (χ3v) is 4.35. The molecule has 106 valence electrons. The van der Waals surface area contributed by atoms with Gasteiger partial charge in [0, 0.05) is 6.42 Å². The normalized spacial score (nSPS) is 24.1. The van der Waals surface area contributed by atoms with Gasteiger partial charge in [0.15, 0.2) is 0 Å². The highest BCUT2D eigenvalue weighted by atomic mass is 16.3. The Kier molecular flexibility index (Phi) is 3.55. The Hall–Kier alpha value is -0.820. The average Bonchev–Trinajstić information content (AvgIpc) is 2.15. The Morgan fingerprint density at radius 1 is 0.947 bits per heavy atom. The van der Waals surface area contributed by atoms with E-state index in [0.29, 0.717) is 0 Å². The first-order chi connectivity index (χ1) is 8.61. The molecule has 1 N–H and O–H groups in total. The summed E-state index contributed by atoms with van der Waals surface area (Å²) in [6.45, 7) is 11.3. The second-order valence-corrected chi connectivity index (χ2v) is 8.19. The molecule has 0 amide bonds. The molecular weight excluding hydrogens is 232 g/mol. The van der Waals surface area contributed by atoms with Gasteiger partial charge in [-0.2, -0.15) is 0 Å². The summed E-state index contributed by atoms with van der Waals surface area (Å²) in [5, 5.41) is 11.1. The van der Waals surface area contributed by atoms with Crippen molar-refractivity contribution < 1.29 is 5.11 Å². The Labute approximate surface area is 118 Å². The summed E-state index contributed by atoms with van der Waals surface area (Å²) in [6, 6.07) is 8.43. The summed E-state index contributed by atoms with van der Waals surface area (Å²) in [7, 11) is 0. The molecule has 19 heavy (non-hydrogen) atoms. The molecule has 0 heterocycles. The fourth-order valence-electron chi connectivity index (χ4n) is 4.55.